The summed E-state index contributed by atoms with van der Waals surface area (Å²) in [5.74, 6) is -17.3. The van der Waals surface area contributed by atoms with Gasteiger partial charge in [-0.15, -0.1) is 11.8 Å². The number of hydrogen-bond donors (Lipinski definition) is 22. The standard InChI is InChI=1S/C55H82N18O19S/c1-25(74)42-51(90)67-33(7-5-17-62-55(59)60)46(85)70-36(20-39(80)65-37(23-93-24-38(56)79)50(89)71-43(26(2)75)52(91)73-44(27(3)76)53(92)72-42)49(88)69-35(19-29-10-14-31(78)15-11-29)48(87)68-34(18-28-8-12-30(77)13-9-28)47(86)66-32(6-4-16-61-54(57)58)45(84)64-21-40(81)63-22-41(82)83/h8-15,25-27,32-37,42-44,74-78H,4-7,16-24H2,1-3H3,(H2,56,79)(H,63,81)(H,64,84)(H,65,80)(H,66,86)(H,67,90)(H,68,87)(H,69,88)(H,70,85)(H,71,89)(H,72,92)(H,73,91)(H,82,83)(H4,57,58,61)(H4,59,60,62)/t25-,26-,27-,32+,33+,34+,35+,36+,37+,42+,43+,44+/m1/s1. The third-order valence-corrected chi connectivity index (χ3v) is 14.5. The number of aliphatic carboxylic acids is 1. The van der Waals surface area contributed by atoms with Crippen LogP contribution in [0.1, 0.15) is 64.0 Å². The van der Waals surface area contributed by atoms with Crippen LogP contribution < -0.4 is 87.2 Å². The number of aliphatic imine (C=N–C) groups is 2. The van der Waals surface area contributed by atoms with Crippen LogP contribution in [0.4, 0.5) is 0 Å². The first-order chi connectivity index (χ1) is 43.7. The molecule has 1 saturated heterocycles. The number of phenolic OH excluding ortho intramolecular Hbond substituents is 2. The molecule has 1 fully saturated rings. The second kappa shape index (κ2) is 38.6. The first kappa shape index (κ1) is 77.2. The highest BCUT2D eigenvalue weighted by Crippen LogP contribution is 2.16. The lowest BCUT2D eigenvalue weighted by Crippen LogP contribution is -2.64. The molecule has 93 heavy (non-hydrogen) atoms. The molecule has 1 heterocycles. The molecule has 1 aliphatic rings. The quantitative estimate of drug-likeness (QED) is 0.0196. The number of amides is 12. The number of thioether (sulfide) groups is 1. The Kier molecular flexibility index (Phi) is 32.0. The van der Waals surface area contributed by atoms with Crippen molar-refractivity contribution >= 4 is 101 Å². The number of primary amides is 1. The molecule has 0 unspecified atom stereocenters. The number of nitrogens with one attached hydrogen (secondary N) is 11. The molecule has 12 amide bonds. The Labute approximate surface area is 536 Å². The molecular formula is C55H82N18O19S. The molecule has 0 radical (unpaired) electrons. The molecule has 37 nitrogen and oxygen atoms in total. The monoisotopic (exact) mass is 1330 g/mol. The van der Waals surface area contributed by atoms with Crippen LogP contribution >= 0.6 is 11.8 Å². The number of aliphatic hydroxyl groups is 3. The number of carbonyl (C=O) groups excluding carboxylic acids is 12. The van der Waals surface area contributed by atoms with Gasteiger partial charge in [-0.05, 0) is 81.8 Å². The molecule has 3 rings (SSSR count). The molecule has 1 aliphatic heterocycles. The fourth-order valence-corrected chi connectivity index (χ4v) is 9.43. The van der Waals surface area contributed by atoms with Crippen molar-refractivity contribution in [2.45, 2.75) is 138 Å². The number of carboxylic acid groups (broad SMARTS) is 1. The van der Waals surface area contributed by atoms with Gasteiger partial charge in [0, 0.05) is 31.7 Å². The number of hydrogen-bond acceptors (Lipinski definition) is 21. The summed E-state index contributed by atoms with van der Waals surface area (Å²) in [4.78, 5) is 186. The smallest absolute Gasteiger partial charge is 0.322 e. The zero-order valence-electron chi connectivity index (χ0n) is 50.9. The summed E-state index contributed by atoms with van der Waals surface area (Å²) in [7, 11) is 0. The summed E-state index contributed by atoms with van der Waals surface area (Å²) in [5.41, 5.74) is 27.8. The number of carboxylic acids is 1. The van der Waals surface area contributed by atoms with E-state index in [0.29, 0.717) is 17.3 Å². The van der Waals surface area contributed by atoms with E-state index in [1.165, 1.54) is 48.5 Å². The number of carbonyl (C=O) groups is 13. The number of benzene rings is 2. The molecule has 0 spiro atoms. The van der Waals surface area contributed by atoms with Gasteiger partial charge < -0.3 is 118 Å². The third-order valence-electron chi connectivity index (χ3n) is 13.4. The molecule has 0 saturated carbocycles. The van der Waals surface area contributed by atoms with Crippen LogP contribution in [0, 0.1) is 0 Å². The van der Waals surface area contributed by atoms with E-state index in [0.717, 1.165) is 20.8 Å². The summed E-state index contributed by atoms with van der Waals surface area (Å²) in [5, 5.41) is 87.1. The lowest BCUT2D eigenvalue weighted by atomic mass is 10.0. The summed E-state index contributed by atoms with van der Waals surface area (Å²) in [6, 6.07) is -6.23. The van der Waals surface area contributed by atoms with Gasteiger partial charge in [0.25, 0.3) is 0 Å². The maximum Gasteiger partial charge on any atom is 0.322 e. The Morgan fingerprint density at radius 2 is 1.01 bits per heavy atom. The van der Waals surface area contributed by atoms with Crippen LogP contribution in [0.3, 0.4) is 0 Å². The van der Waals surface area contributed by atoms with Crippen LogP contribution in [0.2, 0.25) is 0 Å². The van der Waals surface area contributed by atoms with E-state index in [1.54, 1.807) is 0 Å². The normalized spacial score (nSPS) is 20.2. The van der Waals surface area contributed by atoms with Crippen LogP contribution in [0.5, 0.6) is 11.5 Å². The second-order valence-corrected chi connectivity index (χ2v) is 22.3. The highest BCUT2D eigenvalue weighted by molar-refractivity contribution is 8.00. The zero-order valence-corrected chi connectivity index (χ0v) is 51.7. The summed E-state index contributed by atoms with van der Waals surface area (Å²) >= 11 is 0.708. The molecule has 27 N–H and O–H groups in total. The van der Waals surface area contributed by atoms with E-state index in [9.17, 15) is 83.1 Å². The van der Waals surface area contributed by atoms with Gasteiger partial charge in [0.1, 0.15) is 72.4 Å². The molecule has 2 aromatic rings. The Hall–Kier alpha value is -10.1. The van der Waals surface area contributed by atoms with Crippen molar-refractivity contribution in [2.24, 2.45) is 38.7 Å². The largest absolute Gasteiger partial charge is 0.508 e. The first-order valence-corrected chi connectivity index (χ1v) is 30.0. The van der Waals surface area contributed by atoms with E-state index < -0.39 is 193 Å². The van der Waals surface area contributed by atoms with Crippen LogP contribution in [0.15, 0.2) is 58.5 Å². The maximum absolute atomic E-state index is 15.0. The van der Waals surface area contributed by atoms with Gasteiger partial charge in [0.2, 0.25) is 70.9 Å². The van der Waals surface area contributed by atoms with Gasteiger partial charge >= 0.3 is 5.97 Å². The lowest BCUT2D eigenvalue weighted by Gasteiger charge is -2.29. The van der Waals surface area contributed by atoms with Crippen molar-refractivity contribution in [1.29, 1.82) is 0 Å². The number of nitrogens with two attached hydrogens (primary N) is 5. The summed E-state index contributed by atoms with van der Waals surface area (Å²) in [6.07, 6.45) is -8.05. The lowest BCUT2D eigenvalue weighted by molar-refractivity contribution is -0.139. The molecule has 0 aromatic heterocycles. The maximum atomic E-state index is 15.0. The highest BCUT2D eigenvalue weighted by atomic mass is 32.2. The zero-order chi connectivity index (χ0) is 69.6. The van der Waals surface area contributed by atoms with E-state index in [-0.39, 0.29) is 67.8 Å². The van der Waals surface area contributed by atoms with Crippen LogP contribution in [-0.2, 0) is 75.2 Å². The number of rotatable bonds is 30. The molecule has 0 bridgehead atoms. The molecule has 2 aromatic carbocycles. The van der Waals surface area contributed by atoms with Crippen molar-refractivity contribution in [2.75, 3.05) is 37.7 Å². The van der Waals surface area contributed by atoms with E-state index in [4.69, 9.17) is 33.8 Å². The topological polar surface area (TPSA) is 630 Å². The predicted octanol–water partition coefficient (Wildman–Crippen LogP) is -9.56. The SMILES string of the molecule is C[C@@H](O)[C@@H]1NC(=O)[C@H](CSCC(N)=O)NC(=O)C[C@@H](C(=O)N[C@@H](Cc2ccc(O)cc2)C(=O)N[C@@H](Cc2ccc(O)cc2)C(=O)N[C@@H](CCCN=C(N)N)C(=O)NCC(=O)NCC(=O)O)NC(=O)[C@H](CCCN=C(N)N)NC(=O)[C@H]([C@@H](C)O)NC(=O)[C@H]([C@@H](C)O)NC1=O. The number of aliphatic hydroxyl groups excluding tert-OH is 3. The van der Waals surface area contributed by atoms with Crippen LogP contribution in [-0.4, -0.2) is 230 Å². The average Bonchev–Trinajstić information content (AvgIpc) is 1.43. The first-order valence-electron chi connectivity index (χ1n) is 28.8. The van der Waals surface area contributed by atoms with Gasteiger partial charge in [0.05, 0.1) is 37.0 Å². The fourth-order valence-electron chi connectivity index (χ4n) is 8.64. The van der Waals surface area contributed by atoms with Gasteiger partial charge in [-0.1, -0.05) is 24.3 Å². The Balaban J connectivity index is 2.27. The molecular weight excluding hydrogens is 1250 g/mol. The van der Waals surface area contributed by atoms with Crippen molar-refractivity contribution < 1.29 is 93.0 Å². The van der Waals surface area contributed by atoms with E-state index >= 15 is 4.79 Å². The van der Waals surface area contributed by atoms with E-state index in [2.05, 4.69) is 68.5 Å². The van der Waals surface area contributed by atoms with Gasteiger partial charge in [0.15, 0.2) is 11.9 Å². The number of aromatic hydroxyl groups is 2. The predicted molar refractivity (Wildman–Crippen MR) is 331 cm³/mol. The van der Waals surface area contributed by atoms with Gasteiger partial charge in [-0.3, -0.25) is 72.3 Å². The Morgan fingerprint density at radius 3 is 1.48 bits per heavy atom. The Bertz CT molecular complexity index is 3020. The van der Waals surface area contributed by atoms with Crippen molar-refractivity contribution in [3.63, 3.8) is 0 Å². The number of guanidine groups is 2. The highest BCUT2D eigenvalue weighted by Gasteiger charge is 2.39. The third kappa shape index (κ3) is 28.3. The summed E-state index contributed by atoms with van der Waals surface area (Å²) in [6.45, 7) is 1.40. The van der Waals surface area contributed by atoms with E-state index in [1.807, 2.05) is 0 Å². The Morgan fingerprint density at radius 1 is 0.559 bits per heavy atom. The number of nitrogens with zero attached hydrogens (tertiary/aromatic N) is 2. The minimum atomic E-state index is -2.15. The average molecular weight is 1330 g/mol. The molecule has 512 valence electrons. The minimum Gasteiger partial charge on any atom is -0.508 e. The van der Waals surface area contributed by atoms with Crippen molar-refractivity contribution in [3.8, 4) is 11.5 Å². The van der Waals surface area contributed by atoms with Gasteiger partial charge in [-0.25, -0.2) is 0 Å². The van der Waals surface area contributed by atoms with Crippen molar-refractivity contribution in [1.82, 2.24) is 58.5 Å². The minimum absolute atomic E-state index is 0.0358. The molecule has 0 aliphatic carbocycles. The fraction of sp³-hybridized carbons (Fsp3) is 0.509. The second-order valence-electron chi connectivity index (χ2n) is 21.3. The molecule has 12 atom stereocenters. The van der Waals surface area contributed by atoms with Crippen molar-refractivity contribution in [3.05, 3.63) is 59.7 Å². The molecule has 38 heteroatoms. The number of phenols is 2. The van der Waals surface area contributed by atoms with Crippen LogP contribution in [0.25, 0.3) is 0 Å². The van der Waals surface area contributed by atoms with Gasteiger partial charge in [-0.2, -0.15) is 0 Å². The summed E-state index contributed by atoms with van der Waals surface area (Å²) < 4.78 is 0.